The fourth-order valence-electron chi connectivity index (χ4n) is 2.56. The van der Waals surface area contributed by atoms with E-state index in [9.17, 15) is 4.79 Å². The Labute approximate surface area is 172 Å². The number of rotatable bonds is 6. The highest BCUT2D eigenvalue weighted by Crippen LogP contribution is 2.23. The molecule has 0 atom stereocenters. The van der Waals surface area contributed by atoms with Crippen molar-refractivity contribution >= 4 is 34.1 Å². The van der Waals surface area contributed by atoms with Crippen molar-refractivity contribution in [2.45, 2.75) is 6.92 Å². The Balaban J connectivity index is 1.88. The highest BCUT2D eigenvalue weighted by molar-refractivity contribution is 9.10. The van der Waals surface area contributed by atoms with E-state index in [0.717, 1.165) is 16.9 Å². The van der Waals surface area contributed by atoms with Crippen molar-refractivity contribution in [1.29, 1.82) is 0 Å². The molecule has 0 saturated carbocycles. The number of halogens is 1. The molecule has 0 amide bonds. The molecule has 142 valence electrons. The average Bonchev–Trinajstić information content (AvgIpc) is 2.72. The average molecular weight is 439 g/mol. The molecule has 6 heteroatoms. The van der Waals surface area contributed by atoms with Crippen molar-refractivity contribution < 1.29 is 14.3 Å². The zero-order chi connectivity index (χ0) is 19.9. The van der Waals surface area contributed by atoms with E-state index < -0.39 is 0 Å². The maximum atomic E-state index is 12.0. The van der Waals surface area contributed by atoms with E-state index in [1.807, 2.05) is 48.6 Å². The summed E-state index contributed by atoms with van der Waals surface area (Å²) in [6.07, 6.45) is 5.58. The van der Waals surface area contributed by atoms with E-state index in [4.69, 9.17) is 9.47 Å². The van der Waals surface area contributed by atoms with Crippen molar-refractivity contribution in [1.82, 2.24) is 9.97 Å². The van der Waals surface area contributed by atoms with Gasteiger partial charge in [0.1, 0.15) is 10.4 Å². The molecule has 0 saturated heterocycles. The third-order valence-corrected chi connectivity index (χ3v) is 4.34. The number of hydrogen-bond donors (Lipinski definition) is 0. The lowest BCUT2D eigenvalue weighted by Crippen LogP contribution is -2.05. The van der Waals surface area contributed by atoms with E-state index >= 15 is 0 Å². The molecule has 1 aromatic carbocycles. The van der Waals surface area contributed by atoms with Crippen LogP contribution in [0.5, 0.6) is 5.75 Å². The number of benzene rings is 1. The van der Waals surface area contributed by atoms with E-state index in [1.165, 1.54) is 0 Å². The van der Waals surface area contributed by atoms with Gasteiger partial charge in [-0.1, -0.05) is 24.3 Å². The second kappa shape index (κ2) is 9.28. The second-order valence-electron chi connectivity index (χ2n) is 5.87. The first-order valence-electron chi connectivity index (χ1n) is 8.72. The minimum Gasteiger partial charge on any atom is -0.497 e. The van der Waals surface area contributed by atoms with Crippen LogP contribution in [0.15, 0.2) is 59.3 Å². The van der Waals surface area contributed by atoms with E-state index in [2.05, 4.69) is 25.9 Å². The Hall–Kier alpha value is -2.99. The molecule has 2 heterocycles. The van der Waals surface area contributed by atoms with Gasteiger partial charge in [-0.25, -0.2) is 9.78 Å². The van der Waals surface area contributed by atoms with Crippen LogP contribution in [0.1, 0.15) is 28.4 Å². The van der Waals surface area contributed by atoms with Crippen LogP contribution in [0.4, 0.5) is 0 Å². The number of carbonyl (C=O) groups is 1. The molecule has 3 rings (SSSR count). The molecule has 3 aromatic rings. The number of esters is 1. The molecule has 0 aliphatic carbocycles. The van der Waals surface area contributed by atoms with Gasteiger partial charge in [0.15, 0.2) is 0 Å². The summed E-state index contributed by atoms with van der Waals surface area (Å²) in [7, 11) is 1.64. The Bertz CT molecular complexity index is 1000. The van der Waals surface area contributed by atoms with Crippen LogP contribution in [0.3, 0.4) is 0 Å². The van der Waals surface area contributed by atoms with E-state index in [0.29, 0.717) is 28.2 Å². The lowest BCUT2D eigenvalue weighted by Gasteiger charge is -2.06. The Morgan fingerprint density at radius 2 is 1.79 bits per heavy atom. The monoisotopic (exact) mass is 438 g/mol. The van der Waals surface area contributed by atoms with Gasteiger partial charge < -0.3 is 9.47 Å². The lowest BCUT2D eigenvalue weighted by molar-refractivity contribution is 0.0526. The molecule has 0 bridgehead atoms. The SMILES string of the molecule is CCOC(=O)c1ccnc(-c2cc(C=Cc3ccc(OC)cc3)cc(Br)n2)c1. The van der Waals surface area contributed by atoms with Crippen LogP contribution in [0.25, 0.3) is 23.5 Å². The van der Waals surface area contributed by atoms with Crippen molar-refractivity contribution in [3.05, 3.63) is 76.0 Å². The highest BCUT2D eigenvalue weighted by atomic mass is 79.9. The van der Waals surface area contributed by atoms with Crippen molar-refractivity contribution in [2.75, 3.05) is 13.7 Å². The molecule has 0 fully saturated rings. The third kappa shape index (κ3) is 5.04. The highest BCUT2D eigenvalue weighted by Gasteiger charge is 2.10. The fraction of sp³-hybridized carbons (Fsp3) is 0.136. The maximum absolute atomic E-state index is 12.0. The molecular formula is C22H19BrN2O3. The minimum atomic E-state index is -0.374. The van der Waals surface area contributed by atoms with Gasteiger partial charge in [-0.2, -0.15) is 0 Å². The molecule has 0 unspecified atom stereocenters. The quantitative estimate of drug-likeness (QED) is 0.387. The van der Waals surface area contributed by atoms with Gasteiger partial charge in [0, 0.05) is 6.20 Å². The van der Waals surface area contributed by atoms with Gasteiger partial charge in [0.05, 0.1) is 30.7 Å². The number of carbonyl (C=O) groups excluding carboxylic acids is 1. The predicted octanol–water partition coefficient (Wildman–Crippen LogP) is 5.26. The Morgan fingerprint density at radius 1 is 1.04 bits per heavy atom. The molecule has 0 N–H and O–H groups in total. The van der Waals surface area contributed by atoms with Crippen LogP contribution in [-0.4, -0.2) is 29.7 Å². The first kappa shape index (κ1) is 19.8. The molecule has 0 aliphatic rings. The first-order valence-corrected chi connectivity index (χ1v) is 9.51. The van der Waals surface area contributed by atoms with Gasteiger partial charge in [-0.15, -0.1) is 0 Å². The molecule has 0 radical (unpaired) electrons. The van der Waals surface area contributed by atoms with Gasteiger partial charge in [0.2, 0.25) is 0 Å². The van der Waals surface area contributed by atoms with Crippen molar-refractivity contribution in [3.63, 3.8) is 0 Å². The largest absolute Gasteiger partial charge is 0.497 e. The minimum absolute atomic E-state index is 0.325. The molecule has 0 aliphatic heterocycles. The van der Waals surface area contributed by atoms with Gasteiger partial charge in [-0.05, 0) is 70.4 Å². The summed E-state index contributed by atoms with van der Waals surface area (Å²) in [5, 5.41) is 0. The lowest BCUT2D eigenvalue weighted by atomic mass is 10.1. The summed E-state index contributed by atoms with van der Waals surface area (Å²) in [6, 6.07) is 14.9. The van der Waals surface area contributed by atoms with Gasteiger partial charge in [0.25, 0.3) is 0 Å². The zero-order valence-corrected chi connectivity index (χ0v) is 17.1. The van der Waals surface area contributed by atoms with Gasteiger partial charge in [-0.3, -0.25) is 4.98 Å². The molecule has 28 heavy (non-hydrogen) atoms. The summed E-state index contributed by atoms with van der Waals surface area (Å²) in [5.41, 5.74) is 3.72. The van der Waals surface area contributed by atoms with E-state index in [-0.39, 0.29) is 5.97 Å². The molecule has 5 nitrogen and oxygen atoms in total. The summed E-state index contributed by atoms with van der Waals surface area (Å²) in [4.78, 5) is 20.8. The number of nitrogens with zero attached hydrogens (tertiary/aromatic N) is 2. The topological polar surface area (TPSA) is 61.3 Å². The Morgan fingerprint density at radius 3 is 2.50 bits per heavy atom. The number of hydrogen-bond acceptors (Lipinski definition) is 5. The molecular weight excluding hydrogens is 420 g/mol. The zero-order valence-electron chi connectivity index (χ0n) is 15.6. The van der Waals surface area contributed by atoms with Crippen LogP contribution in [0, 0.1) is 0 Å². The Kier molecular flexibility index (Phi) is 6.55. The smallest absolute Gasteiger partial charge is 0.338 e. The fourth-order valence-corrected chi connectivity index (χ4v) is 3.02. The van der Waals surface area contributed by atoms with Crippen molar-refractivity contribution in [3.8, 4) is 17.1 Å². The number of methoxy groups -OCH3 is 1. The normalized spacial score (nSPS) is 10.8. The van der Waals surface area contributed by atoms with Crippen molar-refractivity contribution in [2.24, 2.45) is 0 Å². The van der Waals surface area contributed by atoms with E-state index in [1.54, 1.807) is 32.4 Å². The van der Waals surface area contributed by atoms with Crippen LogP contribution in [-0.2, 0) is 4.74 Å². The summed E-state index contributed by atoms with van der Waals surface area (Å²) >= 11 is 3.45. The van der Waals surface area contributed by atoms with Crippen LogP contribution in [0.2, 0.25) is 0 Å². The summed E-state index contributed by atoms with van der Waals surface area (Å²) in [6.45, 7) is 2.10. The summed E-state index contributed by atoms with van der Waals surface area (Å²) < 4.78 is 10.9. The van der Waals surface area contributed by atoms with Gasteiger partial charge >= 0.3 is 5.97 Å². The second-order valence-corrected chi connectivity index (χ2v) is 6.68. The number of aromatic nitrogens is 2. The molecule has 2 aromatic heterocycles. The first-order chi connectivity index (χ1) is 13.6. The standard InChI is InChI=1S/C22H19BrN2O3/c1-3-28-22(26)17-10-11-24-19(14-17)20-12-16(13-21(23)25-20)5-4-15-6-8-18(27-2)9-7-15/h4-14H,3H2,1-2H3. The maximum Gasteiger partial charge on any atom is 0.338 e. The molecule has 0 spiro atoms. The predicted molar refractivity (Wildman–Crippen MR) is 113 cm³/mol. The number of pyridine rings is 2. The summed E-state index contributed by atoms with van der Waals surface area (Å²) in [5.74, 6) is 0.444. The third-order valence-electron chi connectivity index (χ3n) is 3.93. The van der Waals surface area contributed by atoms with Crippen LogP contribution < -0.4 is 4.74 Å². The van der Waals surface area contributed by atoms with Crippen LogP contribution >= 0.6 is 15.9 Å². The number of ether oxygens (including phenoxy) is 2.